The summed E-state index contributed by atoms with van der Waals surface area (Å²) >= 11 is 0. The number of nitrogens with zero attached hydrogens (tertiary/aromatic N) is 1. The highest BCUT2D eigenvalue weighted by Gasteiger charge is 1.98. The summed E-state index contributed by atoms with van der Waals surface area (Å²) in [7, 11) is 0.0486. The maximum Gasteiger partial charge on any atom is 0.306 e. The van der Waals surface area contributed by atoms with Gasteiger partial charge >= 0.3 is 7.48 Å². The van der Waals surface area contributed by atoms with Crippen LogP contribution in [-0.4, -0.2) is 18.2 Å². The van der Waals surface area contributed by atoms with E-state index in [0.29, 0.717) is 0 Å². The third-order valence-corrected chi connectivity index (χ3v) is 1.51. The van der Waals surface area contributed by atoms with E-state index in [-0.39, 0.29) is 7.48 Å². The van der Waals surface area contributed by atoms with Crippen LogP contribution in [0.2, 0.25) is 0 Å². The van der Waals surface area contributed by atoms with Crippen LogP contribution in [0, 0.1) is 0 Å². The summed E-state index contributed by atoms with van der Waals surface area (Å²) in [5.41, 5.74) is 2.73. The van der Waals surface area contributed by atoms with Crippen molar-refractivity contribution in [2.45, 2.75) is 13.8 Å². The third kappa shape index (κ3) is 2.20. The summed E-state index contributed by atoms with van der Waals surface area (Å²) in [5.74, 6) is 0. The predicted molar refractivity (Wildman–Crippen MR) is 53.9 cm³/mol. The highest BCUT2D eigenvalue weighted by molar-refractivity contribution is 6.47. The van der Waals surface area contributed by atoms with Gasteiger partial charge in [-0.15, -0.1) is 0 Å². The molecule has 0 amide bonds. The Morgan fingerprint density at radius 2 is 2.00 bits per heavy atom. The first-order valence-corrected chi connectivity index (χ1v) is 3.94. The van der Waals surface area contributed by atoms with Gasteiger partial charge in [0, 0.05) is 5.71 Å². The number of hydrogen-bond donors (Lipinski definition) is 1. The van der Waals surface area contributed by atoms with Gasteiger partial charge in [-0.1, -0.05) is 18.2 Å². The summed E-state index contributed by atoms with van der Waals surface area (Å²) in [5, 5.41) is 8.96. The quantitative estimate of drug-likeness (QED) is 0.504. The lowest BCUT2D eigenvalue weighted by molar-refractivity contribution is 0.615. The molecule has 0 radical (unpaired) electrons. The van der Waals surface area contributed by atoms with E-state index in [9.17, 15) is 0 Å². The van der Waals surface area contributed by atoms with Crippen LogP contribution in [0.5, 0.6) is 0 Å². The molecule has 0 spiro atoms. The molecule has 62 valence electrons. The minimum absolute atomic E-state index is 0.0486. The maximum atomic E-state index is 8.96. The third-order valence-electron chi connectivity index (χ3n) is 1.51. The van der Waals surface area contributed by atoms with Gasteiger partial charge in [-0.05, 0) is 25.4 Å². The molecule has 0 fully saturated rings. The molecule has 0 aliphatic carbocycles. The first-order chi connectivity index (χ1) is 5.74. The Hall–Kier alpha value is -1.09. The molecule has 0 atom stereocenters. The molecular formula is C9H12BNO. The van der Waals surface area contributed by atoms with Crippen molar-refractivity contribution in [3.05, 3.63) is 24.3 Å². The van der Waals surface area contributed by atoms with Gasteiger partial charge in [0.15, 0.2) is 0 Å². The van der Waals surface area contributed by atoms with Crippen molar-refractivity contribution in [3.63, 3.8) is 0 Å². The number of hydrogen-bond acceptors (Lipinski definition) is 2. The molecule has 1 rings (SSSR count). The van der Waals surface area contributed by atoms with E-state index in [1.165, 1.54) is 0 Å². The molecule has 0 aliphatic rings. The minimum Gasteiger partial charge on any atom is -0.449 e. The highest BCUT2D eigenvalue weighted by Crippen LogP contribution is 2.06. The van der Waals surface area contributed by atoms with Gasteiger partial charge in [-0.2, -0.15) is 0 Å². The van der Waals surface area contributed by atoms with E-state index in [2.05, 4.69) is 4.99 Å². The van der Waals surface area contributed by atoms with Gasteiger partial charge in [0.25, 0.3) is 0 Å². The fourth-order valence-corrected chi connectivity index (χ4v) is 0.995. The maximum absolute atomic E-state index is 8.96. The van der Waals surface area contributed by atoms with E-state index < -0.39 is 0 Å². The van der Waals surface area contributed by atoms with Gasteiger partial charge in [0.2, 0.25) is 0 Å². The largest absolute Gasteiger partial charge is 0.449 e. The molecule has 0 bridgehead atoms. The van der Waals surface area contributed by atoms with Crippen LogP contribution in [0.3, 0.4) is 0 Å². The molecule has 0 aliphatic heterocycles. The lowest BCUT2D eigenvalue weighted by atomic mass is 9.87. The first kappa shape index (κ1) is 9.01. The smallest absolute Gasteiger partial charge is 0.306 e. The molecule has 2 nitrogen and oxygen atoms in total. The van der Waals surface area contributed by atoms with Gasteiger partial charge in [-0.3, -0.25) is 4.99 Å². The van der Waals surface area contributed by atoms with Crippen LogP contribution in [0.4, 0.5) is 5.69 Å². The molecule has 0 unspecified atom stereocenters. The summed E-state index contributed by atoms with van der Waals surface area (Å²) in [4.78, 5) is 4.29. The normalized spacial score (nSPS) is 9.25. The molecule has 0 heterocycles. The highest BCUT2D eigenvalue weighted by atomic mass is 16.2. The number of aliphatic imine (C=N–C) groups is 1. The zero-order valence-corrected chi connectivity index (χ0v) is 7.41. The second kappa shape index (κ2) is 4.07. The molecule has 0 saturated heterocycles. The zero-order valence-electron chi connectivity index (χ0n) is 7.41. The topological polar surface area (TPSA) is 32.6 Å². The summed E-state index contributed by atoms with van der Waals surface area (Å²) < 4.78 is 0. The molecule has 1 aromatic carbocycles. The lowest BCUT2D eigenvalue weighted by Gasteiger charge is -2.00. The van der Waals surface area contributed by atoms with Crippen LogP contribution in [0.1, 0.15) is 13.8 Å². The van der Waals surface area contributed by atoms with Crippen molar-refractivity contribution >= 4 is 24.3 Å². The second-order valence-electron chi connectivity index (χ2n) is 2.85. The van der Waals surface area contributed by atoms with Gasteiger partial charge in [0.05, 0.1) is 5.69 Å². The Balaban J connectivity index is 3.05. The van der Waals surface area contributed by atoms with E-state index in [0.717, 1.165) is 16.9 Å². The summed E-state index contributed by atoms with van der Waals surface area (Å²) in [6.45, 7) is 3.88. The number of rotatable bonds is 2. The van der Waals surface area contributed by atoms with Crippen molar-refractivity contribution in [3.8, 4) is 0 Å². The lowest BCUT2D eigenvalue weighted by Crippen LogP contribution is -2.13. The van der Waals surface area contributed by atoms with Crippen molar-refractivity contribution in [2.75, 3.05) is 0 Å². The van der Waals surface area contributed by atoms with Crippen LogP contribution < -0.4 is 5.46 Å². The zero-order chi connectivity index (χ0) is 8.97. The van der Waals surface area contributed by atoms with E-state index in [4.69, 9.17) is 5.02 Å². The van der Waals surface area contributed by atoms with Gasteiger partial charge in [0.1, 0.15) is 0 Å². The van der Waals surface area contributed by atoms with E-state index in [1.807, 2.05) is 38.1 Å². The number of benzene rings is 1. The van der Waals surface area contributed by atoms with E-state index in [1.54, 1.807) is 0 Å². The van der Waals surface area contributed by atoms with Gasteiger partial charge in [-0.25, -0.2) is 0 Å². The average Bonchev–Trinajstić information content (AvgIpc) is 2.04. The van der Waals surface area contributed by atoms with Gasteiger partial charge < -0.3 is 5.02 Å². The SMILES string of the molecule is CC(C)=Nc1ccccc1BO. The molecule has 1 N–H and O–H groups in total. The molecule has 3 heteroatoms. The van der Waals surface area contributed by atoms with Crippen molar-refractivity contribution in [1.29, 1.82) is 0 Å². The van der Waals surface area contributed by atoms with Crippen LogP contribution >= 0.6 is 0 Å². The van der Waals surface area contributed by atoms with Crippen molar-refractivity contribution in [1.82, 2.24) is 0 Å². The molecule has 0 saturated carbocycles. The monoisotopic (exact) mass is 161 g/mol. The predicted octanol–water partition coefficient (Wildman–Crippen LogP) is 0.768. The van der Waals surface area contributed by atoms with Crippen LogP contribution in [0.25, 0.3) is 0 Å². The molecular weight excluding hydrogens is 149 g/mol. The Bertz CT molecular complexity index is 292. The Labute approximate surface area is 73.2 Å². The fourth-order valence-electron chi connectivity index (χ4n) is 0.995. The van der Waals surface area contributed by atoms with Crippen molar-refractivity contribution in [2.24, 2.45) is 4.99 Å². The fraction of sp³-hybridized carbons (Fsp3) is 0.222. The Morgan fingerprint density at radius 3 is 2.58 bits per heavy atom. The molecule has 0 aromatic heterocycles. The molecule has 1 aromatic rings. The second-order valence-corrected chi connectivity index (χ2v) is 2.85. The summed E-state index contributed by atoms with van der Waals surface area (Å²) in [6.07, 6.45) is 0. The number of para-hydroxylation sites is 1. The van der Waals surface area contributed by atoms with Crippen LogP contribution in [0.15, 0.2) is 29.3 Å². The Kier molecular flexibility index (Phi) is 3.05. The summed E-state index contributed by atoms with van der Waals surface area (Å²) in [6, 6.07) is 7.59. The standard InChI is InChI=1S/C9H12BNO/c1-7(2)11-9-6-4-3-5-8(9)10-12/h3-6,10,12H,1-2H3. The van der Waals surface area contributed by atoms with E-state index >= 15 is 0 Å². The minimum atomic E-state index is 0.0486. The Morgan fingerprint density at radius 1 is 1.33 bits per heavy atom. The first-order valence-electron chi connectivity index (χ1n) is 3.94. The average molecular weight is 161 g/mol. The van der Waals surface area contributed by atoms with Crippen LogP contribution in [-0.2, 0) is 0 Å². The van der Waals surface area contributed by atoms with Crippen molar-refractivity contribution < 1.29 is 5.02 Å². The molecule has 12 heavy (non-hydrogen) atoms.